The molecule has 19 heavy (non-hydrogen) atoms. The number of carbonyl (C=O) groups is 1. The van der Waals surface area contributed by atoms with Crippen LogP contribution >= 0.6 is 11.3 Å². The highest BCUT2D eigenvalue weighted by atomic mass is 32.1. The van der Waals surface area contributed by atoms with Gasteiger partial charge in [0.1, 0.15) is 5.82 Å². The number of amides is 1. The Morgan fingerprint density at radius 3 is 3.00 bits per heavy atom. The van der Waals surface area contributed by atoms with Crippen LogP contribution in [0.2, 0.25) is 0 Å². The first-order valence-electron chi connectivity index (χ1n) is 5.71. The predicted molar refractivity (Wildman–Crippen MR) is 76.1 cm³/mol. The maximum atomic E-state index is 12.0. The second-order valence-corrected chi connectivity index (χ2v) is 5.00. The topological polar surface area (TPSA) is 72.9 Å². The molecule has 6 heteroatoms. The zero-order chi connectivity index (χ0) is 13.8. The van der Waals surface area contributed by atoms with Gasteiger partial charge in [0.2, 0.25) is 0 Å². The van der Waals surface area contributed by atoms with Gasteiger partial charge in [-0.2, -0.15) is 5.10 Å². The molecule has 0 saturated heterocycles. The van der Waals surface area contributed by atoms with E-state index in [4.69, 9.17) is 5.73 Å². The van der Waals surface area contributed by atoms with Gasteiger partial charge < -0.3 is 11.1 Å². The highest BCUT2D eigenvalue weighted by Gasteiger charge is 2.11. The molecule has 2 rings (SSSR count). The van der Waals surface area contributed by atoms with Gasteiger partial charge in [-0.15, -0.1) is 11.3 Å². The van der Waals surface area contributed by atoms with Crippen LogP contribution in [0.15, 0.2) is 18.2 Å². The Balaban J connectivity index is 2.12. The Morgan fingerprint density at radius 1 is 1.58 bits per heavy atom. The molecule has 0 saturated carbocycles. The van der Waals surface area contributed by atoms with Crippen LogP contribution in [0.4, 0.5) is 5.82 Å². The van der Waals surface area contributed by atoms with Crippen molar-refractivity contribution in [1.29, 1.82) is 0 Å². The summed E-state index contributed by atoms with van der Waals surface area (Å²) in [6, 6.07) is 5.39. The number of aromatic nitrogens is 2. The van der Waals surface area contributed by atoms with Gasteiger partial charge in [0.05, 0.1) is 22.0 Å². The molecule has 3 N–H and O–H groups in total. The first-order chi connectivity index (χ1) is 9.10. The first kappa shape index (κ1) is 13.3. The Morgan fingerprint density at radius 2 is 2.37 bits per heavy atom. The monoisotopic (exact) mass is 274 g/mol. The van der Waals surface area contributed by atoms with Crippen LogP contribution in [0.25, 0.3) is 0 Å². The number of nitrogens with one attached hydrogen (secondary N) is 1. The van der Waals surface area contributed by atoms with Gasteiger partial charge in [-0.1, -0.05) is 11.8 Å². The fraction of sp³-hybridized carbons (Fsp3) is 0.231. The minimum absolute atomic E-state index is 0.159. The molecule has 98 valence electrons. The molecule has 0 aliphatic carbocycles. The summed E-state index contributed by atoms with van der Waals surface area (Å²) in [5.74, 6) is 6.18. The Hall–Kier alpha value is -2.10. The second kappa shape index (κ2) is 5.69. The number of nitrogens with zero attached hydrogens (tertiary/aromatic N) is 2. The van der Waals surface area contributed by atoms with Crippen LogP contribution in [0.5, 0.6) is 0 Å². The van der Waals surface area contributed by atoms with Crippen molar-refractivity contribution < 1.29 is 4.79 Å². The lowest BCUT2D eigenvalue weighted by Gasteiger charge is -2.02. The standard InChI is InChI=1S/C13H14N4OS/c1-9-8-12(17(2)16-9)15-13(18)11-6-5-10(19-11)4-3-7-14/h5-6,8H,7,14H2,1-2H3,(H,15,18). The van der Waals surface area contributed by atoms with Crippen LogP contribution in [0.1, 0.15) is 20.2 Å². The second-order valence-electron chi connectivity index (χ2n) is 3.92. The fourth-order valence-corrected chi connectivity index (χ4v) is 2.35. The maximum Gasteiger partial charge on any atom is 0.266 e. The smallest absolute Gasteiger partial charge is 0.266 e. The lowest BCUT2D eigenvalue weighted by atomic mass is 10.4. The van der Waals surface area contributed by atoms with Crippen molar-refractivity contribution in [3.05, 3.63) is 33.6 Å². The van der Waals surface area contributed by atoms with Crippen LogP contribution in [0.3, 0.4) is 0 Å². The minimum Gasteiger partial charge on any atom is -0.320 e. The van der Waals surface area contributed by atoms with Crippen LogP contribution < -0.4 is 11.1 Å². The van der Waals surface area contributed by atoms with Crippen LogP contribution in [-0.4, -0.2) is 22.2 Å². The van der Waals surface area contributed by atoms with E-state index >= 15 is 0 Å². The zero-order valence-corrected chi connectivity index (χ0v) is 11.5. The summed E-state index contributed by atoms with van der Waals surface area (Å²) >= 11 is 1.34. The number of carbonyl (C=O) groups excluding carboxylic acids is 1. The predicted octanol–water partition coefficient (Wildman–Crippen LogP) is 1.35. The van der Waals surface area contributed by atoms with Crippen molar-refractivity contribution >= 4 is 23.1 Å². The highest BCUT2D eigenvalue weighted by molar-refractivity contribution is 7.14. The summed E-state index contributed by atoms with van der Waals surface area (Å²) < 4.78 is 1.63. The maximum absolute atomic E-state index is 12.0. The molecular weight excluding hydrogens is 260 g/mol. The molecule has 0 atom stereocenters. The number of hydrogen-bond acceptors (Lipinski definition) is 4. The molecule has 5 nitrogen and oxygen atoms in total. The van der Waals surface area contributed by atoms with E-state index in [2.05, 4.69) is 22.3 Å². The zero-order valence-electron chi connectivity index (χ0n) is 10.7. The van der Waals surface area contributed by atoms with Crippen molar-refractivity contribution in [1.82, 2.24) is 9.78 Å². The summed E-state index contributed by atoms with van der Waals surface area (Å²) in [6.45, 7) is 2.19. The van der Waals surface area contributed by atoms with E-state index in [-0.39, 0.29) is 5.91 Å². The van der Waals surface area contributed by atoms with E-state index in [1.807, 2.05) is 19.1 Å². The summed E-state index contributed by atoms with van der Waals surface area (Å²) in [7, 11) is 1.79. The van der Waals surface area contributed by atoms with E-state index in [0.29, 0.717) is 17.2 Å². The lowest BCUT2D eigenvalue weighted by molar-refractivity contribution is 0.102. The summed E-state index contributed by atoms with van der Waals surface area (Å²) in [5, 5.41) is 6.99. The normalized spacial score (nSPS) is 9.84. The molecule has 2 aromatic heterocycles. The molecule has 0 unspecified atom stereocenters. The summed E-state index contributed by atoms with van der Waals surface area (Å²) in [5.41, 5.74) is 6.17. The quantitative estimate of drug-likeness (QED) is 0.812. The van der Waals surface area contributed by atoms with Crippen LogP contribution in [-0.2, 0) is 7.05 Å². The average Bonchev–Trinajstić information content (AvgIpc) is 2.94. The number of hydrogen-bond donors (Lipinski definition) is 2. The van der Waals surface area contributed by atoms with E-state index in [1.54, 1.807) is 17.8 Å². The number of anilines is 1. The SMILES string of the molecule is Cc1cc(NC(=O)c2ccc(C#CCN)s2)n(C)n1. The van der Waals surface area contributed by atoms with Gasteiger partial charge in [-0.05, 0) is 19.1 Å². The van der Waals surface area contributed by atoms with Crippen molar-refractivity contribution in [2.75, 3.05) is 11.9 Å². The summed E-state index contributed by atoms with van der Waals surface area (Å²) in [4.78, 5) is 13.5. The van der Waals surface area contributed by atoms with Gasteiger partial charge in [0, 0.05) is 13.1 Å². The third-order valence-electron chi connectivity index (χ3n) is 2.39. The third-order valence-corrected chi connectivity index (χ3v) is 3.39. The Bertz CT molecular complexity index is 660. The fourth-order valence-electron chi connectivity index (χ4n) is 1.57. The summed E-state index contributed by atoms with van der Waals surface area (Å²) in [6.07, 6.45) is 0. The average molecular weight is 274 g/mol. The molecule has 0 aliphatic heterocycles. The molecule has 0 fully saturated rings. The van der Waals surface area contributed by atoms with Crippen molar-refractivity contribution in [2.45, 2.75) is 6.92 Å². The lowest BCUT2D eigenvalue weighted by Crippen LogP contribution is -2.13. The Kier molecular flexibility index (Phi) is 4.00. The molecule has 2 heterocycles. The molecule has 2 aromatic rings. The first-order valence-corrected chi connectivity index (χ1v) is 6.52. The van der Waals surface area contributed by atoms with Crippen molar-refractivity contribution in [2.24, 2.45) is 12.8 Å². The largest absolute Gasteiger partial charge is 0.320 e. The van der Waals surface area contributed by atoms with Crippen LogP contribution in [0, 0.1) is 18.8 Å². The molecule has 0 radical (unpaired) electrons. The van der Waals surface area contributed by atoms with Gasteiger partial charge in [-0.25, -0.2) is 0 Å². The Labute approximate surface area is 115 Å². The minimum atomic E-state index is -0.159. The molecular formula is C13H14N4OS. The van der Waals surface area contributed by atoms with Gasteiger partial charge in [-0.3, -0.25) is 9.48 Å². The number of rotatable bonds is 2. The highest BCUT2D eigenvalue weighted by Crippen LogP contribution is 2.17. The molecule has 0 bridgehead atoms. The number of aryl methyl sites for hydroxylation is 2. The number of nitrogens with two attached hydrogens (primary N) is 1. The molecule has 1 amide bonds. The van der Waals surface area contributed by atoms with E-state index in [9.17, 15) is 4.79 Å². The third kappa shape index (κ3) is 3.22. The van der Waals surface area contributed by atoms with E-state index < -0.39 is 0 Å². The molecule has 0 aliphatic rings. The van der Waals surface area contributed by atoms with Crippen molar-refractivity contribution in [3.8, 4) is 11.8 Å². The van der Waals surface area contributed by atoms with Gasteiger partial charge in [0.15, 0.2) is 0 Å². The van der Waals surface area contributed by atoms with E-state index in [1.165, 1.54) is 11.3 Å². The molecule has 0 spiro atoms. The molecule has 0 aromatic carbocycles. The van der Waals surface area contributed by atoms with Gasteiger partial charge in [0.25, 0.3) is 5.91 Å². The van der Waals surface area contributed by atoms with Gasteiger partial charge >= 0.3 is 0 Å². The van der Waals surface area contributed by atoms with Crippen molar-refractivity contribution in [3.63, 3.8) is 0 Å². The number of thiophene rings is 1. The van der Waals surface area contributed by atoms with E-state index in [0.717, 1.165) is 10.6 Å².